The Morgan fingerprint density at radius 2 is 1.89 bits per heavy atom. The molecule has 156 valence electrons. The minimum absolute atomic E-state index is 0.204. The van der Waals surface area contributed by atoms with Gasteiger partial charge in [0.25, 0.3) is 0 Å². The lowest BCUT2D eigenvalue weighted by molar-refractivity contribution is -0.0679. The van der Waals surface area contributed by atoms with Crippen LogP contribution >= 0.6 is 0 Å². The monoisotopic (exact) mass is 383 g/mol. The van der Waals surface area contributed by atoms with Crippen molar-refractivity contribution in [1.29, 1.82) is 0 Å². The highest BCUT2D eigenvalue weighted by molar-refractivity contribution is 5.80. The topological polar surface area (TPSA) is 78.4 Å². The molecule has 0 aromatic rings. The van der Waals surface area contributed by atoms with Crippen LogP contribution in [0.25, 0.3) is 0 Å². The van der Waals surface area contributed by atoms with Gasteiger partial charge in [0.05, 0.1) is 18.8 Å². The molecule has 0 bridgehead atoms. The third-order valence-electron chi connectivity index (χ3n) is 5.02. The highest BCUT2D eigenvalue weighted by atomic mass is 16.6. The summed E-state index contributed by atoms with van der Waals surface area (Å²) < 4.78 is 10.8. The van der Waals surface area contributed by atoms with Gasteiger partial charge in [-0.05, 0) is 40.0 Å². The molecule has 0 spiro atoms. The van der Waals surface area contributed by atoms with Crippen molar-refractivity contribution in [2.45, 2.75) is 58.3 Å². The van der Waals surface area contributed by atoms with Crippen molar-refractivity contribution in [2.24, 2.45) is 4.99 Å². The molecular weight excluding hydrogens is 346 g/mol. The average Bonchev–Trinajstić information content (AvgIpc) is 2.64. The molecule has 8 heteroatoms. The summed E-state index contributed by atoms with van der Waals surface area (Å²) in [6.45, 7) is 12.0. The summed E-state index contributed by atoms with van der Waals surface area (Å²) in [5.74, 6) is 0.841. The molecule has 27 heavy (non-hydrogen) atoms. The first kappa shape index (κ1) is 21.8. The number of carbonyl (C=O) groups excluding carboxylic acids is 1. The van der Waals surface area contributed by atoms with Crippen LogP contribution in [0.15, 0.2) is 4.99 Å². The molecule has 0 saturated carbocycles. The van der Waals surface area contributed by atoms with Gasteiger partial charge in [-0.3, -0.25) is 9.89 Å². The van der Waals surface area contributed by atoms with E-state index in [1.807, 2.05) is 6.92 Å². The van der Waals surface area contributed by atoms with Crippen LogP contribution in [-0.2, 0) is 9.47 Å². The number of piperidine rings is 1. The number of hydrogen-bond donors (Lipinski definition) is 2. The zero-order valence-corrected chi connectivity index (χ0v) is 17.4. The number of ether oxygens (including phenoxy) is 2. The van der Waals surface area contributed by atoms with Gasteiger partial charge in [0.2, 0.25) is 0 Å². The van der Waals surface area contributed by atoms with E-state index in [1.54, 1.807) is 11.9 Å². The molecule has 2 atom stereocenters. The number of hydrogen-bond acceptors (Lipinski definition) is 5. The normalized spacial score (nSPS) is 25.3. The summed E-state index contributed by atoms with van der Waals surface area (Å²) in [6, 6.07) is 0.336. The minimum Gasteiger partial charge on any atom is -0.450 e. The molecule has 8 nitrogen and oxygen atoms in total. The number of likely N-dealkylation sites (tertiary alicyclic amines) is 1. The van der Waals surface area contributed by atoms with Crippen LogP contribution in [-0.4, -0.2) is 93.0 Å². The van der Waals surface area contributed by atoms with Crippen molar-refractivity contribution in [3.63, 3.8) is 0 Å². The molecule has 2 fully saturated rings. The van der Waals surface area contributed by atoms with Crippen LogP contribution < -0.4 is 10.6 Å². The lowest BCUT2D eigenvalue weighted by atomic mass is 10.1. The van der Waals surface area contributed by atoms with Crippen molar-refractivity contribution in [3.8, 4) is 0 Å². The van der Waals surface area contributed by atoms with Crippen molar-refractivity contribution >= 4 is 12.1 Å². The first-order valence-corrected chi connectivity index (χ1v) is 10.3. The van der Waals surface area contributed by atoms with E-state index in [-0.39, 0.29) is 6.09 Å². The fraction of sp³-hybridized carbons (Fsp3) is 0.895. The molecular formula is C19H37N5O3. The van der Waals surface area contributed by atoms with Crippen LogP contribution in [0.4, 0.5) is 4.79 Å². The second-order valence-corrected chi connectivity index (χ2v) is 7.47. The quantitative estimate of drug-likeness (QED) is 0.409. The second kappa shape index (κ2) is 11.3. The van der Waals surface area contributed by atoms with Gasteiger partial charge < -0.3 is 25.0 Å². The van der Waals surface area contributed by atoms with Gasteiger partial charge in [-0.25, -0.2) is 4.79 Å². The maximum atomic E-state index is 11.8. The second-order valence-electron chi connectivity index (χ2n) is 7.47. The van der Waals surface area contributed by atoms with Gasteiger partial charge in [0.15, 0.2) is 5.96 Å². The molecule has 1 amide bonds. The molecule has 2 unspecified atom stereocenters. The lowest BCUT2D eigenvalue weighted by Gasteiger charge is -2.35. The van der Waals surface area contributed by atoms with E-state index >= 15 is 0 Å². The van der Waals surface area contributed by atoms with Crippen molar-refractivity contribution in [3.05, 3.63) is 0 Å². The summed E-state index contributed by atoms with van der Waals surface area (Å²) in [4.78, 5) is 20.3. The largest absolute Gasteiger partial charge is 0.450 e. The number of aliphatic imine (C=N–C) groups is 1. The fourth-order valence-corrected chi connectivity index (χ4v) is 3.79. The molecule has 2 heterocycles. The molecule has 2 aliphatic heterocycles. The molecule has 0 aromatic carbocycles. The number of amides is 1. The van der Waals surface area contributed by atoms with Crippen LogP contribution in [0.5, 0.6) is 0 Å². The maximum absolute atomic E-state index is 11.8. The standard InChI is InChI=1S/C19H37N5O3/c1-5-26-19(25)24-11-7-17(8-12-24)22-18(20-4)21-9-6-10-23-13-15(2)27-16(3)14-23/h15-17H,5-14H2,1-4H3,(H2,20,21,22). The minimum atomic E-state index is -0.204. The summed E-state index contributed by atoms with van der Waals surface area (Å²) in [5, 5.41) is 6.88. The lowest BCUT2D eigenvalue weighted by Crippen LogP contribution is -2.50. The van der Waals surface area contributed by atoms with Crippen LogP contribution in [0.3, 0.4) is 0 Å². The third kappa shape index (κ3) is 7.54. The third-order valence-corrected chi connectivity index (χ3v) is 5.02. The summed E-state index contributed by atoms with van der Waals surface area (Å²) in [6.07, 6.45) is 3.31. The van der Waals surface area contributed by atoms with Gasteiger partial charge in [0.1, 0.15) is 0 Å². The average molecular weight is 384 g/mol. The number of carbonyl (C=O) groups is 1. The van der Waals surface area contributed by atoms with Crippen molar-refractivity contribution < 1.29 is 14.3 Å². The van der Waals surface area contributed by atoms with Crippen LogP contribution in [0, 0.1) is 0 Å². The van der Waals surface area contributed by atoms with E-state index in [2.05, 4.69) is 34.4 Å². The number of nitrogens with one attached hydrogen (secondary N) is 2. The van der Waals surface area contributed by atoms with E-state index in [9.17, 15) is 4.79 Å². The predicted molar refractivity (Wildman–Crippen MR) is 107 cm³/mol. The zero-order valence-electron chi connectivity index (χ0n) is 17.4. The zero-order chi connectivity index (χ0) is 19.6. The Morgan fingerprint density at radius 1 is 1.22 bits per heavy atom. The van der Waals surface area contributed by atoms with E-state index in [4.69, 9.17) is 9.47 Å². The highest BCUT2D eigenvalue weighted by Gasteiger charge is 2.24. The van der Waals surface area contributed by atoms with E-state index in [0.717, 1.165) is 64.5 Å². The summed E-state index contributed by atoms with van der Waals surface area (Å²) >= 11 is 0. The first-order chi connectivity index (χ1) is 13.0. The fourth-order valence-electron chi connectivity index (χ4n) is 3.79. The Balaban J connectivity index is 1.61. The molecule has 2 saturated heterocycles. The Hall–Kier alpha value is -1.54. The van der Waals surface area contributed by atoms with Crippen LogP contribution in [0.2, 0.25) is 0 Å². The highest BCUT2D eigenvalue weighted by Crippen LogP contribution is 2.12. The predicted octanol–water partition coefficient (Wildman–Crippen LogP) is 1.27. The molecule has 2 rings (SSSR count). The van der Waals surface area contributed by atoms with E-state index in [0.29, 0.717) is 24.9 Å². The van der Waals surface area contributed by atoms with Gasteiger partial charge >= 0.3 is 6.09 Å². The molecule has 0 aromatic heterocycles. The molecule has 2 N–H and O–H groups in total. The number of morpholine rings is 1. The van der Waals surface area contributed by atoms with E-state index < -0.39 is 0 Å². The summed E-state index contributed by atoms with van der Waals surface area (Å²) in [5.41, 5.74) is 0. The van der Waals surface area contributed by atoms with Gasteiger partial charge in [-0.1, -0.05) is 0 Å². The van der Waals surface area contributed by atoms with Crippen molar-refractivity contribution in [2.75, 3.05) is 52.9 Å². The maximum Gasteiger partial charge on any atom is 0.409 e. The Bertz CT molecular complexity index is 470. The Labute approximate surface area is 163 Å². The van der Waals surface area contributed by atoms with Crippen LogP contribution in [0.1, 0.15) is 40.0 Å². The van der Waals surface area contributed by atoms with Gasteiger partial charge in [-0.15, -0.1) is 0 Å². The smallest absolute Gasteiger partial charge is 0.409 e. The van der Waals surface area contributed by atoms with E-state index in [1.165, 1.54) is 0 Å². The number of guanidine groups is 1. The number of nitrogens with zero attached hydrogens (tertiary/aromatic N) is 3. The number of rotatable bonds is 6. The van der Waals surface area contributed by atoms with Gasteiger partial charge in [-0.2, -0.15) is 0 Å². The molecule has 2 aliphatic rings. The molecule has 0 aliphatic carbocycles. The Kier molecular flexibility index (Phi) is 9.14. The SMILES string of the molecule is CCOC(=O)N1CCC(NC(=NC)NCCCN2CC(C)OC(C)C2)CC1. The Morgan fingerprint density at radius 3 is 2.48 bits per heavy atom. The molecule has 0 radical (unpaired) electrons. The first-order valence-electron chi connectivity index (χ1n) is 10.3. The summed E-state index contributed by atoms with van der Waals surface area (Å²) in [7, 11) is 1.80. The van der Waals surface area contributed by atoms with Crippen molar-refractivity contribution in [1.82, 2.24) is 20.4 Å². The van der Waals surface area contributed by atoms with Gasteiger partial charge in [0, 0.05) is 52.4 Å².